The van der Waals surface area contributed by atoms with Crippen molar-refractivity contribution in [1.82, 2.24) is 0 Å². The van der Waals surface area contributed by atoms with Gasteiger partial charge in [0.1, 0.15) is 0 Å². The van der Waals surface area contributed by atoms with Crippen molar-refractivity contribution >= 4 is 17.6 Å². The number of benzene rings is 1. The quantitative estimate of drug-likeness (QED) is 0.839. The minimum absolute atomic E-state index is 0.00219. The summed E-state index contributed by atoms with van der Waals surface area (Å²) in [6, 6.07) is 5.82. The number of carbonyl (C=O) groups excluding carboxylic acids is 1. The molecule has 4 atom stereocenters. The molecule has 1 aromatic carbocycles. The van der Waals surface area contributed by atoms with Crippen molar-refractivity contribution < 1.29 is 14.7 Å². The number of aryl methyl sites for hydroxylation is 2. The zero-order valence-corrected chi connectivity index (χ0v) is 12.2. The molecule has 2 N–H and O–H groups in total. The molecule has 1 fully saturated rings. The van der Waals surface area contributed by atoms with Crippen molar-refractivity contribution in [2.24, 2.45) is 23.7 Å². The molecule has 21 heavy (non-hydrogen) atoms. The summed E-state index contributed by atoms with van der Waals surface area (Å²) in [4.78, 5) is 24.0. The highest BCUT2D eigenvalue weighted by molar-refractivity contribution is 5.96. The molecule has 0 heterocycles. The second-order valence-electron chi connectivity index (χ2n) is 6.15. The molecule has 0 saturated heterocycles. The van der Waals surface area contributed by atoms with E-state index in [0.717, 1.165) is 23.2 Å². The molecule has 0 radical (unpaired) electrons. The predicted molar refractivity (Wildman–Crippen MR) is 79.9 cm³/mol. The van der Waals surface area contributed by atoms with Crippen molar-refractivity contribution in [1.29, 1.82) is 0 Å². The van der Waals surface area contributed by atoms with E-state index in [-0.39, 0.29) is 17.7 Å². The molecule has 1 aromatic rings. The summed E-state index contributed by atoms with van der Waals surface area (Å²) in [6.45, 7) is 3.94. The summed E-state index contributed by atoms with van der Waals surface area (Å²) in [7, 11) is 0. The number of rotatable bonds is 3. The Kier molecular flexibility index (Phi) is 3.32. The van der Waals surface area contributed by atoms with Gasteiger partial charge in [0.05, 0.1) is 11.8 Å². The van der Waals surface area contributed by atoms with Gasteiger partial charge in [-0.3, -0.25) is 9.59 Å². The number of amides is 1. The molecule has 0 spiro atoms. The van der Waals surface area contributed by atoms with Crippen LogP contribution in [0.3, 0.4) is 0 Å². The summed E-state index contributed by atoms with van der Waals surface area (Å²) >= 11 is 0. The van der Waals surface area contributed by atoms with Crippen molar-refractivity contribution in [2.75, 3.05) is 5.32 Å². The van der Waals surface area contributed by atoms with Crippen LogP contribution >= 0.6 is 0 Å². The van der Waals surface area contributed by atoms with E-state index >= 15 is 0 Å². The van der Waals surface area contributed by atoms with E-state index in [2.05, 4.69) is 5.32 Å². The Morgan fingerprint density at radius 1 is 1.14 bits per heavy atom. The van der Waals surface area contributed by atoms with Crippen molar-refractivity contribution in [3.8, 4) is 0 Å². The maximum atomic E-state index is 12.5. The molecule has 0 aromatic heterocycles. The summed E-state index contributed by atoms with van der Waals surface area (Å²) < 4.78 is 0. The number of hydrogen-bond acceptors (Lipinski definition) is 2. The number of fused-ring (bicyclic) bond motifs is 2. The molecule has 4 unspecified atom stereocenters. The zero-order valence-electron chi connectivity index (χ0n) is 12.2. The van der Waals surface area contributed by atoms with Gasteiger partial charge in [0.25, 0.3) is 0 Å². The van der Waals surface area contributed by atoms with E-state index in [9.17, 15) is 14.7 Å². The lowest BCUT2D eigenvalue weighted by Gasteiger charge is -2.24. The van der Waals surface area contributed by atoms with E-state index in [1.807, 2.05) is 44.2 Å². The van der Waals surface area contributed by atoms with Crippen LogP contribution in [-0.4, -0.2) is 17.0 Å². The first-order valence-electron chi connectivity index (χ1n) is 7.26. The van der Waals surface area contributed by atoms with Crippen molar-refractivity contribution in [3.05, 3.63) is 41.5 Å². The Labute approximate surface area is 123 Å². The zero-order chi connectivity index (χ0) is 15.1. The van der Waals surface area contributed by atoms with E-state index in [1.165, 1.54) is 0 Å². The van der Waals surface area contributed by atoms with Gasteiger partial charge in [-0.25, -0.2) is 0 Å². The first-order chi connectivity index (χ1) is 9.97. The highest BCUT2D eigenvalue weighted by Gasteiger charge is 2.51. The van der Waals surface area contributed by atoms with Gasteiger partial charge in [0.15, 0.2) is 0 Å². The second-order valence-corrected chi connectivity index (χ2v) is 6.15. The number of anilines is 1. The van der Waals surface area contributed by atoms with E-state index < -0.39 is 17.8 Å². The van der Waals surface area contributed by atoms with E-state index in [0.29, 0.717) is 0 Å². The predicted octanol–water partition coefficient (Wildman–Crippen LogP) is 2.76. The van der Waals surface area contributed by atoms with Crippen LogP contribution in [0.1, 0.15) is 17.5 Å². The highest BCUT2D eigenvalue weighted by Crippen LogP contribution is 2.48. The van der Waals surface area contributed by atoms with Gasteiger partial charge in [0.2, 0.25) is 5.91 Å². The van der Waals surface area contributed by atoms with Crippen LogP contribution in [-0.2, 0) is 9.59 Å². The van der Waals surface area contributed by atoms with Crippen LogP contribution in [0.25, 0.3) is 0 Å². The molecule has 1 amide bonds. The topological polar surface area (TPSA) is 66.4 Å². The molecule has 4 nitrogen and oxygen atoms in total. The number of aliphatic carboxylic acids is 1. The third-order valence-corrected chi connectivity index (χ3v) is 4.69. The Balaban J connectivity index is 1.82. The van der Waals surface area contributed by atoms with Gasteiger partial charge in [0, 0.05) is 5.69 Å². The Morgan fingerprint density at radius 3 is 2.43 bits per heavy atom. The fourth-order valence-corrected chi connectivity index (χ4v) is 3.69. The number of allylic oxidation sites excluding steroid dienone is 2. The lowest BCUT2D eigenvalue weighted by atomic mass is 9.82. The SMILES string of the molecule is Cc1ccc(NC(=O)C2C3C=CC(C3)C2C(=O)O)c(C)c1. The van der Waals surface area contributed by atoms with Crippen LogP contribution < -0.4 is 5.32 Å². The van der Waals surface area contributed by atoms with Crippen LogP contribution in [0.5, 0.6) is 0 Å². The normalized spacial score (nSPS) is 29.6. The van der Waals surface area contributed by atoms with Crippen molar-refractivity contribution in [3.63, 3.8) is 0 Å². The molecule has 4 heteroatoms. The summed E-state index contributed by atoms with van der Waals surface area (Å²) in [5.74, 6) is -2.04. The van der Waals surface area contributed by atoms with E-state index in [1.54, 1.807) is 0 Å². The summed E-state index contributed by atoms with van der Waals surface area (Å²) in [5.41, 5.74) is 2.90. The average Bonchev–Trinajstić information content (AvgIpc) is 3.02. The van der Waals surface area contributed by atoms with Gasteiger partial charge >= 0.3 is 5.97 Å². The number of carbonyl (C=O) groups is 2. The molecule has 2 aliphatic rings. The average molecular weight is 285 g/mol. The van der Waals surface area contributed by atoms with Crippen LogP contribution in [0.15, 0.2) is 30.4 Å². The van der Waals surface area contributed by atoms with Gasteiger partial charge < -0.3 is 10.4 Å². The van der Waals surface area contributed by atoms with Gasteiger partial charge in [-0.15, -0.1) is 0 Å². The molecule has 2 aliphatic carbocycles. The number of carboxylic acid groups (broad SMARTS) is 1. The largest absolute Gasteiger partial charge is 0.481 e. The minimum Gasteiger partial charge on any atom is -0.481 e. The lowest BCUT2D eigenvalue weighted by Crippen LogP contribution is -2.36. The lowest BCUT2D eigenvalue weighted by molar-refractivity contribution is -0.146. The van der Waals surface area contributed by atoms with Gasteiger partial charge in [-0.05, 0) is 43.7 Å². The third kappa shape index (κ3) is 2.35. The first kappa shape index (κ1) is 13.9. The Morgan fingerprint density at radius 2 is 1.81 bits per heavy atom. The highest BCUT2D eigenvalue weighted by atomic mass is 16.4. The fraction of sp³-hybridized carbons (Fsp3) is 0.412. The number of nitrogens with one attached hydrogen (secondary N) is 1. The molecule has 2 bridgehead atoms. The second kappa shape index (κ2) is 5.02. The number of carboxylic acids is 1. The molecule has 110 valence electrons. The Bertz CT molecular complexity index is 635. The first-order valence-corrected chi connectivity index (χ1v) is 7.26. The molecule has 3 rings (SSSR count). The van der Waals surface area contributed by atoms with Crippen LogP contribution in [0, 0.1) is 37.5 Å². The monoisotopic (exact) mass is 285 g/mol. The van der Waals surface area contributed by atoms with Crippen LogP contribution in [0.4, 0.5) is 5.69 Å². The molecular formula is C17H19NO3. The standard InChI is InChI=1S/C17H19NO3/c1-9-3-6-13(10(2)7-9)18-16(19)14-11-4-5-12(8-11)15(14)17(20)21/h3-7,11-12,14-15H,8H2,1-2H3,(H,18,19)(H,20,21). The maximum Gasteiger partial charge on any atom is 0.307 e. The van der Waals surface area contributed by atoms with E-state index in [4.69, 9.17) is 0 Å². The summed E-state index contributed by atoms with van der Waals surface area (Å²) in [6.07, 6.45) is 4.72. The Hall–Kier alpha value is -2.10. The van der Waals surface area contributed by atoms with Crippen molar-refractivity contribution in [2.45, 2.75) is 20.3 Å². The molecule has 1 saturated carbocycles. The molecular weight excluding hydrogens is 266 g/mol. The maximum absolute atomic E-state index is 12.5. The summed E-state index contributed by atoms with van der Waals surface area (Å²) in [5, 5.41) is 12.3. The minimum atomic E-state index is -0.868. The number of hydrogen-bond donors (Lipinski definition) is 2. The smallest absolute Gasteiger partial charge is 0.307 e. The third-order valence-electron chi connectivity index (χ3n) is 4.69. The van der Waals surface area contributed by atoms with Crippen LogP contribution in [0.2, 0.25) is 0 Å². The van der Waals surface area contributed by atoms with Gasteiger partial charge in [-0.1, -0.05) is 29.8 Å². The fourth-order valence-electron chi connectivity index (χ4n) is 3.69. The van der Waals surface area contributed by atoms with Gasteiger partial charge in [-0.2, -0.15) is 0 Å². The molecule has 0 aliphatic heterocycles.